The van der Waals surface area contributed by atoms with Gasteiger partial charge in [0.1, 0.15) is 17.3 Å². The summed E-state index contributed by atoms with van der Waals surface area (Å²) in [5.41, 5.74) is 4.03. The topological polar surface area (TPSA) is 58.8 Å². The number of hydrogen-bond donors (Lipinski definition) is 0. The van der Waals surface area contributed by atoms with Crippen molar-refractivity contribution in [1.29, 1.82) is 0 Å². The standard InChI is InChI=1S/C27H29FN6O/c1-17(2)32-13-20-15-33(16-21(20)14-32)24-9-8-23-30-26(18-4-6-22(28)7-5-18)27(34(23)31-24)19-10-11-29-25(12-19)35-3/h4-12,17,20-21H,13-16H2,1-3H3. The van der Waals surface area contributed by atoms with Crippen LogP contribution in [0, 0.1) is 17.7 Å². The van der Waals surface area contributed by atoms with E-state index in [1.165, 1.54) is 12.1 Å². The summed E-state index contributed by atoms with van der Waals surface area (Å²) < 4.78 is 20.9. The van der Waals surface area contributed by atoms with Crippen LogP contribution in [0.5, 0.6) is 5.88 Å². The second kappa shape index (κ2) is 8.61. The van der Waals surface area contributed by atoms with Gasteiger partial charge in [0, 0.05) is 55.6 Å². The molecule has 4 aromatic rings. The Balaban J connectivity index is 1.42. The zero-order valence-corrected chi connectivity index (χ0v) is 20.2. The highest BCUT2D eigenvalue weighted by Crippen LogP contribution is 2.36. The van der Waals surface area contributed by atoms with Crippen LogP contribution < -0.4 is 9.64 Å². The van der Waals surface area contributed by atoms with Crippen molar-refractivity contribution in [3.05, 3.63) is 60.5 Å². The molecule has 6 rings (SSSR count). The smallest absolute Gasteiger partial charge is 0.213 e. The summed E-state index contributed by atoms with van der Waals surface area (Å²) in [6.45, 7) is 8.91. The van der Waals surface area contributed by atoms with Gasteiger partial charge in [-0.3, -0.25) is 0 Å². The van der Waals surface area contributed by atoms with Gasteiger partial charge in [-0.15, -0.1) is 5.10 Å². The molecule has 2 aliphatic heterocycles. The maximum absolute atomic E-state index is 13.6. The first-order valence-corrected chi connectivity index (χ1v) is 12.2. The van der Waals surface area contributed by atoms with Crippen molar-refractivity contribution < 1.29 is 9.13 Å². The molecule has 0 N–H and O–H groups in total. The number of anilines is 1. The van der Waals surface area contributed by atoms with Gasteiger partial charge in [0.05, 0.1) is 12.8 Å². The van der Waals surface area contributed by atoms with Gasteiger partial charge < -0.3 is 14.5 Å². The molecule has 180 valence electrons. The summed E-state index contributed by atoms with van der Waals surface area (Å²) >= 11 is 0. The Bertz CT molecular complexity index is 1350. The minimum atomic E-state index is -0.277. The van der Waals surface area contributed by atoms with E-state index in [1.807, 2.05) is 22.7 Å². The fourth-order valence-corrected chi connectivity index (χ4v) is 5.47. The van der Waals surface area contributed by atoms with Gasteiger partial charge in [-0.05, 0) is 68.1 Å². The molecule has 2 atom stereocenters. The monoisotopic (exact) mass is 472 g/mol. The number of pyridine rings is 1. The lowest BCUT2D eigenvalue weighted by Gasteiger charge is -2.24. The minimum absolute atomic E-state index is 0.277. The van der Waals surface area contributed by atoms with E-state index < -0.39 is 0 Å². The Morgan fingerprint density at radius 3 is 2.37 bits per heavy atom. The Hall–Kier alpha value is -3.52. The molecule has 0 amide bonds. The van der Waals surface area contributed by atoms with Crippen molar-refractivity contribution in [2.24, 2.45) is 11.8 Å². The lowest BCUT2D eigenvalue weighted by atomic mass is 10.0. The molecule has 3 aromatic heterocycles. The molecule has 0 bridgehead atoms. The molecule has 1 aromatic carbocycles. The van der Waals surface area contributed by atoms with Crippen LogP contribution in [0.3, 0.4) is 0 Å². The highest BCUT2D eigenvalue weighted by molar-refractivity contribution is 5.82. The van der Waals surface area contributed by atoms with Crippen molar-refractivity contribution in [2.75, 3.05) is 38.2 Å². The molecule has 0 radical (unpaired) electrons. The van der Waals surface area contributed by atoms with Crippen LogP contribution in [0.1, 0.15) is 13.8 Å². The third-order valence-electron chi connectivity index (χ3n) is 7.37. The van der Waals surface area contributed by atoms with Gasteiger partial charge in [0.15, 0.2) is 5.65 Å². The van der Waals surface area contributed by atoms with Crippen LogP contribution in [0.15, 0.2) is 54.7 Å². The SMILES string of the molecule is COc1cc(-c2c(-c3ccc(F)cc3)nc3ccc(N4CC5CN(C(C)C)CC5C4)nn23)ccn1. The fraction of sp³-hybridized carbons (Fsp3) is 0.370. The lowest BCUT2D eigenvalue weighted by Crippen LogP contribution is -2.33. The number of halogens is 1. The van der Waals surface area contributed by atoms with E-state index in [0.29, 0.717) is 23.8 Å². The lowest BCUT2D eigenvalue weighted by molar-refractivity contribution is 0.258. The van der Waals surface area contributed by atoms with Gasteiger partial charge in [-0.25, -0.2) is 18.9 Å². The maximum Gasteiger partial charge on any atom is 0.213 e. The molecule has 0 saturated carbocycles. The summed E-state index contributed by atoms with van der Waals surface area (Å²) in [7, 11) is 1.60. The minimum Gasteiger partial charge on any atom is -0.481 e. The second-order valence-corrected chi connectivity index (χ2v) is 9.84. The Kier molecular flexibility index (Phi) is 5.40. The van der Waals surface area contributed by atoms with Crippen LogP contribution in [0.4, 0.5) is 10.2 Å². The maximum atomic E-state index is 13.6. The van der Waals surface area contributed by atoms with E-state index in [9.17, 15) is 4.39 Å². The van der Waals surface area contributed by atoms with Crippen LogP contribution in [-0.2, 0) is 0 Å². The quantitative estimate of drug-likeness (QED) is 0.430. The van der Waals surface area contributed by atoms with Gasteiger partial charge >= 0.3 is 0 Å². The summed E-state index contributed by atoms with van der Waals surface area (Å²) in [5.74, 6) is 2.54. The third-order valence-corrected chi connectivity index (χ3v) is 7.37. The van der Waals surface area contributed by atoms with E-state index in [2.05, 4.69) is 34.7 Å². The molecular formula is C27H29FN6O. The van der Waals surface area contributed by atoms with Crippen molar-refractivity contribution >= 4 is 11.5 Å². The van der Waals surface area contributed by atoms with Gasteiger partial charge in [0.2, 0.25) is 5.88 Å². The number of imidazole rings is 1. The zero-order valence-electron chi connectivity index (χ0n) is 20.2. The number of methoxy groups -OCH3 is 1. The average molecular weight is 473 g/mol. The van der Waals surface area contributed by atoms with Crippen LogP contribution >= 0.6 is 0 Å². The molecule has 2 saturated heterocycles. The predicted molar refractivity (Wildman–Crippen MR) is 134 cm³/mol. The fourth-order valence-electron chi connectivity index (χ4n) is 5.47. The van der Waals surface area contributed by atoms with E-state index >= 15 is 0 Å². The summed E-state index contributed by atoms with van der Waals surface area (Å²) in [6, 6.07) is 14.9. The molecule has 8 heteroatoms. The first kappa shape index (κ1) is 22.0. The van der Waals surface area contributed by atoms with Crippen molar-refractivity contribution in [2.45, 2.75) is 19.9 Å². The molecule has 0 aliphatic carbocycles. The van der Waals surface area contributed by atoms with E-state index in [1.54, 1.807) is 25.4 Å². The van der Waals surface area contributed by atoms with Crippen LogP contribution in [0.2, 0.25) is 0 Å². The van der Waals surface area contributed by atoms with Crippen molar-refractivity contribution in [3.8, 4) is 28.4 Å². The second-order valence-electron chi connectivity index (χ2n) is 9.84. The molecular weight excluding hydrogens is 443 g/mol. The first-order valence-electron chi connectivity index (χ1n) is 12.2. The Morgan fingerprint density at radius 1 is 0.943 bits per heavy atom. The van der Waals surface area contributed by atoms with Gasteiger partial charge in [0.25, 0.3) is 0 Å². The number of rotatable bonds is 5. The van der Waals surface area contributed by atoms with E-state index in [-0.39, 0.29) is 5.82 Å². The summed E-state index contributed by atoms with van der Waals surface area (Å²) in [6.07, 6.45) is 1.72. The number of benzene rings is 1. The van der Waals surface area contributed by atoms with E-state index in [4.69, 9.17) is 14.8 Å². The highest BCUT2D eigenvalue weighted by Gasteiger charge is 2.41. The predicted octanol–water partition coefficient (Wildman–Crippen LogP) is 4.38. The zero-order chi connectivity index (χ0) is 24.1. The van der Waals surface area contributed by atoms with Crippen molar-refractivity contribution in [1.82, 2.24) is 24.5 Å². The average Bonchev–Trinajstić information content (AvgIpc) is 3.55. The number of ether oxygens (including phenoxy) is 1. The van der Waals surface area contributed by atoms with Crippen LogP contribution in [0.25, 0.3) is 28.2 Å². The normalized spacial score (nSPS) is 20.2. The molecule has 7 nitrogen and oxygen atoms in total. The molecule has 35 heavy (non-hydrogen) atoms. The molecule has 2 fully saturated rings. The largest absolute Gasteiger partial charge is 0.481 e. The number of hydrogen-bond acceptors (Lipinski definition) is 6. The first-order chi connectivity index (χ1) is 17.0. The third kappa shape index (κ3) is 3.91. The van der Waals surface area contributed by atoms with Gasteiger partial charge in [-0.1, -0.05) is 0 Å². The number of nitrogens with zero attached hydrogens (tertiary/aromatic N) is 6. The Morgan fingerprint density at radius 2 is 1.69 bits per heavy atom. The highest BCUT2D eigenvalue weighted by atomic mass is 19.1. The molecule has 5 heterocycles. The number of fused-ring (bicyclic) bond motifs is 2. The molecule has 2 aliphatic rings. The Labute approximate surface area is 204 Å². The van der Waals surface area contributed by atoms with E-state index in [0.717, 1.165) is 60.2 Å². The number of aromatic nitrogens is 4. The van der Waals surface area contributed by atoms with Crippen LogP contribution in [-0.4, -0.2) is 63.8 Å². The molecule has 2 unspecified atom stereocenters. The molecule has 0 spiro atoms. The van der Waals surface area contributed by atoms with Crippen molar-refractivity contribution in [3.63, 3.8) is 0 Å². The number of likely N-dealkylation sites (tertiary alicyclic amines) is 1. The summed E-state index contributed by atoms with van der Waals surface area (Å²) in [5, 5.41) is 5.07. The van der Waals surface area contributed by atoms with Gasteiger partial charge in [-0.2, -0.15) is 0 Å². The summed E-state index contributed by atoms with van der Waals surface area (Å²) in [4.78, 5) is 14.1.